The van der Waals surface area contributed by atoms with Crippen molar-refractivity contribution in [3.05, 3.63) is 60.2 Å². The van der Waals surface area contributed by atoms with Gasteiger partial charge in [0.15, 0.2) is 0 Å². The lowest BCUT2D eigenvalue weighted by Gasteiger charge is -2.18. The first-order chi connectivity index (χ1) is 9.93. The van der Waals surface area contributed by atoms with Crippen LogP contribution in [0.1, 0.15) is 6.99 Å². The summed E-state index contributed by atoms with van der Waals surface area (Å²) >= 11 is 1.92. The summed E-state index contributed by atoms with van der Waals surface area (Å²) < 4.78 is 39.0. The Morgan fingerprint density at radius 3 is 2.19 bits per heavy atom. The molecule has 7 heteroatoms. The normalized spacial score (nSPS) is 13.4. The zero-order chi connectivity index (χ0) is 15.3. The van der Waals surface area contributed by atoms with Crippen molar-refractivity contribution in [2.45, 2.75) is 11.4 Å². The summed E-state index contributed by atoms with van der Waals surface area (Å²) in [5.41, 5.74) is 2.75. The molecule has 0 saturated carbocycles. The van der Waals surface area contributed by atoms with Crippen LogP contribution in [0.5, 0.6) is 0 Å². The van der Waals surface area contributed by atoms with E-state index in [1.807, 2.05) is 11.8 Å². The maximum Gasteiger partial charge on any atom is 1.00 e. The number of hydrogen-bond acceptors (Lipinski definition) is 2. The molecule has 1 aliphatic rings. The number of fused-ring (bicyclic) bond motifs is 1. The summed E-state index contributed by atoms with van der Waals surface area (Å²) in [5.74, 6) is 1.06. The lowest BCUT2D eigenvalue weighted by atomic mass is 10.2. The van der Waals surface area contributed by atoms with Crippen molar-refractivity contribution in [2.24, 2.45) is 0 Å². The molecule has 2 aromatic rings. The topological polar surface area (TPSA) is 3.24 Å². The van der Waals surface area contributed by atoms with Crippen LogP contribution in [0, 0.1) is 0 Å². The molecule has 0 unspecified atom stereocenters. The van der Waals surface area contributed by atoms with Crippen molar-refractivity contribution >= 4 is 24.7 Å². The molecule has 0 atom stereocenters. The number of para-hydroxylation sites is 1. The van der Waals surface area contributed by atoms with Gasteiger partial charge in [0.05, 0.1) is 11.6 Å². The van der Waals surface area contributed by atoms with Crippen molar-refractivity contribution in [3.63, 3.8) is 0 Å². The molecule has 1 nitrogen and oxygen atoms in total. The van der Waals surface area contributed by atoms with Gasteiger partial charge in [0.25, 0.3) is 0 Å². The summed E-state index contributed by atoms with van der Waals surface area (Å²) in [6, 6.07) is 19.3. The van der Waals surface area contributed by atoms with Crippen LogP contribution in [0.4, 0.5) is 23.0 Å². The second-order valence-corrected chi connectivity index (χ2v) is 5.41. The Bertz CT molecular complexity index is 577. The Hall–Kier alpha value is -1.63. The van der Waals surface area contributed by atoms with Crippen LogP contribution in [0.2, 0.25) is 0 Å². The Labute approximate surface area is 126 Å². The number of thioether (sulfide) groups is 1. The van der Waals surface area contributed by atoms with Crippen molar-refractivity contribution in [2.75, 3.05) is 10.8 Å². The van der Waals surface area contributed by atoms with Crippen LogP contribution in [-0.2, 0) is 6.54 Å². The fraction of sp³-hybridized carbons (Fsp3) is 0.143. The molecule has 2 aromatic carbocycles. The average Bonchev–Trinajstić information content (AvgIpc) is 2.82. The minimum atomic E-state index is -6.00. The fourth-order valence-electron chi connectivity index (χ4n) is 1.99. The molecule has 0 fully saturated rings. The SMILES string of the molecule is F[B-](F)(F)F.[H+].c1ccc(CN2CSc3ccccc32)cc1. The number of benzene rings is 2. The summed E-state index contributed by atoms with van der Waals surface area (Å²) in [4.78, 5) is 3.83. The van der Waals surface area contributed by atoms with Gasteiger partial charge < -0.3 is 22.2 Å². The molecule has 0 amide bonds. The molecule has 1 aliphatic heterocycles. The van der Waals surface area contributed by atoms with Gasteiger partial charge >= 0.3 is 8.68 Å². The number of rotatable bonds is 2. The van der Waals surface area contributed by atoms with Gasteiger partial charge in [-0.2, -0.15) is 0 Å². The minimum Gasteiger partial charge on any atom is -0.418 e. The van der Waals surface area contributed by atoms with E-state index in [0.29, 0.717) is 0 Å². The van der Waals surface area contributed by atoms with Gasteiger partial charge in [-0.15, -0.1) is 11.8 Å². The quantitative estimate of drug-likeness (QED) is 0.556. The van der Waals surface area contributed by atoms with E-state index in [4.69, 9.17) is 0 Å². The Morgan fingerprint density at radius 2 is 1.52 bits per heavy atom. The molecular formula is C14H14BF4NS. The first-order valence-electron chi connectivity index (χ1n) is 6.31. The predicted molar refractivity (Wildman–Crippen MR) is 81.1 cm³/mol. The largest absolute Gasteiger partial charge is 1.00 e. The van der Waals surface area contributed by atoms with Crippen LogP contribution in [0.15, 0.2) is 59.5 Å². The molecule has 0 N–H and O–H groups in total. The standard InChI is InChI=1S/C14H13NS.BF4/c1-2-6-12(7-3-1)10-15-11-16-14-9-5-4-8-13(14)15;2-1(3,4)5/h1-9H,10-11H2;/q;-1/p+1. The van der Waals surface area contributed by atoms with Crippen LogP contribution < -0.4 is 4.90 Å². The van der Waals surface area contributed by atoms with E-state index in [-0.39, 0.29) is 1.43 Å². The Balaban J connectivity index is 0.000000356. The first kappa shape index (κ1) is 15.8. The maximum atomic E-state index is 9.75. The van der Waals surface area contributed by atoms with Gasteiger partial charge in [0, 0.05) is 11.4 Å². The number of halogens is 4. The summed E-state index contributed by atoms with van der Waals surface area (Å²) in [6.07, 6.45) is 0. The monoisotopic (exact) mass is 315 g/mol. The first-order valence-corrected chi connectivity index (χ1v) is 7.30. The highest BCUT2D eigenvalue weighted by Gasteiger charge is 2.20. The molecular weight excluding hydrogens is 301 g/mol. The molecule has 0 bridgehead atoms. The van der Waals surface area contributed by atoms with Gasteiger partial charge in [0.1, 0.15) is 0 Å². The maximum absolute atomic E-state index is 9.75. The average molecular weight is 315 g/mol. The van der Waals surface area contributed by atoms with E-state index in [9.17, 15) is 17.3 Å². The van der Waals surface area contributed by atoms with Gasteiger partial charge in [-0.3, -0.25) is 0 Å². The van der Waals surface area contributed by atoms with Crippen LogP contribution >= 0.6 is 11.8 Å². The fourth-order valence-corrected chi connectivity index (χ4v) is 3.04. The molecule has 0 saturated heterocycles. The second-order valence-electron chi connectivity index (χ2n) is 4.42. The molecule has 0 aliphatic carbocycles. The van der Waals surface area contributed by atoms with E-state index in [1.165, 1.54) is 16.1 Å². The second kappa shape index (κ2) is 6.89. The number of anilines is 1. The van der Waals surface area contributed by atoms with Crippen LogP contribution in [0.3, 0.4) is 0 Å². The van der Waals surface area contributed by atoms with Gasteiger partial charge in [-0.25, -0.2) is 0 Å². The molecule has 112 valence electrons. The lowest BCUT2D eigenvalue weighted by molar-refractivity contribution is 0.368. The zero-order valence-electron chi connectivity index (χ0n) is 12.1. The highest BCUT2D eigenvalue weighted by Crippen LogP contribution is 2.38. The van der Waals surface area contributed by atoms with Crippen LogP contribution in [0.25, 0.3) is 0 Å². The molecule has 0 aromatic heterocycles. The highest BCUT2D eigenvalue weighted by atomic mass is 32.2. The van der Waals surface area contributed by atoms with E-state index in [1.54, 1.807) is 0 Å². The number of nitrogens with zero attached hydrogens (tertiary/aromatic N) is 1. The van der Waals surface area contributed by atoms with Gasteiger partial charge in [-0.05, 0) is 17.7 Å². The third-order valence-corrected chi connectivity index (χ3v) is 3.90. The van der Waals surface area contributed by atoms with Crippen molar-refractivity contribution < 1.29 is 18.7 Å². The smallest absolute Gasteiger partial charge is 0.418 e. The molecule has 0 spiro atoms. The highest BCUT2D eigenvalue weighted by molar-refractivity contribution is 7.99. The van der Waals surface area contributed by atoms with Crippen molar-refractivity contribution in [1.82, 2.24) is 0 Å². The Morgan fingerprint density at radius 1 is 0.952 bits per heavy atom. The summed E-state index contributed by atoms with van der Waals surface area (Å²) in [6.45, 7) is 1.00. The molecule has 0 radical (unpaired) electrons. The van der Waals surface area contributed by atoms with Crippen molar-refractivity contribution in [3.8, 4) is 0 Å². The van der Waals surface area contributed by atoms with Crippen molar-refractivity contribution in [1.29, 1.82) is 0 Å². The summed E-state index contributed by atoms with van der Waals surface area (Å²) in [5, 5.41) is 0. The van der Waals surface area contributed by atoms with E-state index >= 15 is 0 Å². The lowest BCUT2D eigenvalue weighted by Crippen LogP contribution is -2.17. The predicted octanol–water partition coefficient (Wildman–Crippen LogP) is 5.17. The molecule has 1 heterocycles. The third-order valence-electron chi connectivity index (χ3n) is 2.80. The molecule has 3 rings (SSSR count). The van der Waals surface area contributed by atoms with Gasteiger partial charge in [-0.1, -0.05) is 42.5 Å². The van der Waals surface area contributed by atoms with E-state index in [0.717, 1.165) is 12.4 Å². The third kappa shape index (κ3) is 5.34. The van der Waals surface area contributed by atoms with E-state index < -0.39 is 7.25 Å². The summed E-state index contributed by atoms with van der Waals surface area (Å²) in [7, 11) is -6.00. The zero-order valence-corrected chi connectivity index (χ0v) is 11.9. The molecule has 21 heavy (non-hydrogen) atoms. The number of hydrogen-bond donors (Lipinski definition) is 0. The Kier molecular flexibility index (Phi) is 5.17. The van der Waals surface area contributed by atoms with Crippen LogP contribution in [-0.4, -0.2) is 13.1 Å². The van der Waals surface area contributed by atoms with E-state index in [2.05, 4.69) is 59.5 Å². The van der Waals surface area contributed by atoms with Gasteiger partial charge in [0.2, 0.25) is 0 Å². The minimum absolute atomic E-state index is 0.